The number of hydrogen-bond acceptors (Lipinski definition) is 1. The van der Waals surface area contributed by atoms with Crippen LogP contribution in [0.5, 0.6) is 0 Å². The van der Waals surface area contributed by atoms with Gasteiger partial charge in [-0.1, -0.05) is 31.5 Å². The van der Waals surface area contributed by atoms with Crippen molar-refractivity contribution in [1.82, 2.24) is 9.88 Å². The number of benzene rings is 1. The van der Waals surface area contributed by atoms with E-state index >= 15 is 0 Å². The molecule has 6 heteroatoms. The number of fused-ring (bicyclic) bond motifs is 1. The molecule has 0 aliphatic rings. The molecule has 0 spiro atoms. The molecular formula is C15H18ClF3N2. The van der Waals surface area contributed by atoms with E-state index in [0.29, 0.717) is 17.6 Å². The number of nitrogens with one attached hydrogen (secondary N) is 1. The number of rotatable bonds is 5. The fourth-order valence-electron chi connectivity index (χ4n) is 2.23. The Morgan fingerprint density at radius 2 is 2.00 bits per heavy atom. The lowest BCUT2D eigenvalue weighted by molar-refractivity contribution is -0.136. The molecule has 0 atom stereocenters. The monoisotopic (exact) mass is 318 g/mol. The lowest BCUT2D eigenvalue weighted by Gasteiger charge is -2.08. The molecule has 0 amide bonds. The number of aromatic nitrogens is 1. The zero-order valence-electron chi connectivity index (χ0n) is 12.0. The van der Waals surface area contributed by atoms with E-state index in [1.54, 1.807) is 22.9 Å². The molecular weight excluding hydrogens is 301 g/mol. The zero-order chi connectivity index (χ0) is 15.6. The molecule has 1 aromatic heterocycles. The van der Waals surface area contributed by atoms with E-state index in [4.69, 9.17) is 11.6 Å². The van der Waals surface area contributed by atoms with Gasteiger partial charge >= 0.3 is 6.18 Å². The van der Waals surface area contributed by atoms with Crippen molar-refractivity contribution < 1.29 is 13.2 Å². The summed E-state index contributed by atoms with van der Waals surface area (Å²) in [4.78, 5) is 0. The van der Waals surface area contributed by atoms with Crippen LogP contribution in [-0.2, 0) is 13.1 Å². The second kappa shape index (κ2) is 6.28. The second-order valence-corrected chi connectivity index (χ2v) is 5.85. The van der Waals surface area contributed by atoms with Crippen molar-refractivity contribution in [3.63, 3.8) is 0 Å². The Balaban J connectivity index is 2.32. The zero-order valence-corrected chi connectivity index (χ0v) is 12.7. The van der Waals surface area contributed by atoms with Gasteiger partial charge in [-0.3, -0.25) is 0 Å². The average molecular weight is 319 g/mol. The van der Waals surface area contributed by atoms with Gasteiger partial charge in [0.1, 0.15) is 0 Å². The first-order valence-electron chi connectivity index (χ1n) is 6.83. The van der Waals surface area contributed by atoms with Gasteiger partial charge in [0.05, 0.1) is 6.42 Å². The number of alkyl halides is 3. The highest BCUT2D eigenvalue weighted by molar-refractivity contribution is 6.31. The van der Waals surface area contributed by atoms with Crippen LogP contribution in [-0.4, -0.2) is 16.8 Å². The first-order valence-corrected chi connectivity index (χ1v) is 7.21. The summed E-state index contributed by atoms with van der Waals surface area (Å²) in [5.74, 6) is 0. The lowest BCUT2D eigenvalue weighted by atomic mass is 10.1. The predicted molar refractivity (Wildman–Crippen MR) is 79.6 cm³/mol. The summed E-state index contributed by atoms with van der Waals surface area (Å²) in [6.45, 7) is 4.58. The Labute approximate surface area is 126 Å². The summed E-state index contributed by atoms with van der Waals surface area (Å²) in [5.41, 5.74) is 1.73. The first kappa shape index (κ1) is 16.2. The van der Waals surface area contributed by atoms with Crippen LogP contribution in [0.25, 0.3) is 10.9 Å². The molecule has 116 valence electrons. The number of halogens is 4. The van der Waals surface area contributed by atoms with Gasteiger partial charge in [-0.2, -0.15) is 13.2 Å². The minimum absolute atomic E-state index is 0.0952. The third-order valence-electron chi connectivity index (χ3n) is 3.26. The molecule has 2 nitrogen and oxygen atoms in total. The van der Waals surface area contributed by atoms with Crippen LogP contribution in [0.3, 0.4) is 0 Å². The minimum Gasteiger partial charge on any atom is -0.347 e. The molecule has 21 heavy (non-hydrogen) atoms. The van der Waals surface area contributed by atoms with Gasteiger partial charge in [0.25, 0.3) is 0 Å². The molecule has 0 aliphatic heterocycles. The summed E-state index contributed by atoms with van der Waals surface area (Å²) in [7, 11) is 0. The average Bonchev–Trinajstić information content (AvgIpc) is 2.70. The predicted octanol–water partition coefficient (Wildman–Crippen LogP) is 4.75. The van der Waals surface area contributed by atoms with E-state index in [-0.39, 0.29) is 6.54 Å². The molecule has 0 saturated carbocycles. The fourth-order valence-corrected chi connectivity index (χ4v) is 2.39. The van der Waals surface area contributed by atoms with Crippen molar-refractivity contribution in [2.45, 2.75) is 45.6 Å². The summed E-state index contributed by atoms with van der Waals surface area (Å²) < 4.78 is 38.9. The van der Waals surface area contributed by atoms with Gasteiger partial charge in [0, 0.05) is 41.3 Å². The summed E-state index contributed by atoms with van der Waals surface area (Å²) >= 11 is 5.97. The van der Waals surface area contributed by atoms with Crippen molar-refractivity contribution in [2.75, 3.05) is 0 Å². The van der Waals surface area contributed by atoms with E-state index < -0.39 is 12.6 Å². The van der Waals surface area contributed by atoms with Crippen LogP contribution >= 0.6 is 11.6 Å². The van der Waals surface area contributed by atoms with Crippen molar-refractivity contribution in [1.29, 1.82) is 0 Å². The number of hydrogen-bond donors (Lipinski definition) is 1. The maximum Gasteiger partial charge on any atom is 0.390 e. The maximum atomic E-state index is 12.4. The maximum absolute atomic E-state index is 12.4. The quantitative estimate of drug-likeness (QED) is 0.842. The minimum atomic E-state index is -4.16. The second-order valence-electron chi connectivity index (χ2n) is 5.41. The van der Waals surface area contributed by atoms with E-state index in [0.717, 1.165) is 16.5 Å². The number of aryl methyl sites for hydroxylation is 1. The van der Waals surface area contributed by atoms with Gasteiger partial charge in [-0.15, -0.1) is 0 Å². The molecule has 0 saturated heterocycles. The molecule has 2 aromatic rings. The van der Waals surface area contributed by atoms with E-state index in [1.165, 1.54) is 0 Å². The van der Waals surface area contributed by atoms with Gasteiger partial charge in [-0.25, -0.2) is 0 Å². The Kier molecular flexibility index (Phi) is 4.84. The smallest absolute Gasteiger partial charge is 0.347 e. The molecule has 0 bridgehead atoms. The lowest BCUT2D eigenvalue weighted by Crippen LogP contribution is -2.21. The molecule has 0 aliphatic carbocycles. The molecule has 0 radical (unpaired) electrons. The van der Waals surface area contributed by atoms with Crippen LogP contribution in [0.15, 0.2) is 24.4 Å². The van der Waals surface area contributed by atoms with E-state index in [2.05, 4.69) is 5.32 Å². The van der Waals surface area contributed by atoms with Gasteiger partial charge in [0.15, 0.2) is 0 Å². The Bertz CT molecular complexity index is 617. The van der Waals surface area contributed by atoms with Crippen molar-refractivity contribution in [2.24, 2.45) is 0 Å². The van der Waals surface area contributed by atoms with Gasteiger partial charge < -0.3 is 9.88 Å². The normalized spacial score (nSPS) is 12.5. The highest BCUT2D eigenvalue weighted by Gasteiger charge is 2.27. The molecule has 0 unspecified atom stereocenters. The highest BCUT2D eigenvalue weighted by Crippen LogP contribution is 2.27. The van der Waals surface area contributed by atoms with E-state index in [9.17, 15) is 13.2 Å². The third kappa shape index (κ3) is 4.38. The molecule has 2 rings (SSSR count). The van der Waals surface area contributed by atoms with Gasteiger partial charge in [-0.05, 0) is 17.7 Å². The molecule has 1 aromatic carbocycles. The van der Waals surface area contributed by atoms with E-state index in [1.807, 2.05) is 19.9 Å². The first-order chi connectivity index (χ1) is 9.76. The Morgan fingerprint density at radius 1 is 1.29 bits per heavy atom. The van der Waals surface area contributed by atoms with Crippen molar-refractivity contribution in [3.05, 3.63) is 35.0 Å². The molecule has 0 fully saturated rings. The van der Waals surface area contributed by atoms with Crippen molar-refractivity contribution >= 4 is 22.5 Å². The van der Waals surface area contributed by atoms with Crippen LogP contribution in [0.1, 0.15) is 25.8 Å². The van der Waals surface area contributed by atoms with Crippen LogP contribution in [0, 0.1) is 0 Å². The van der Waals surface area contributed by atoms with Crippen LogP contribution in [0.2, 0.25) is 5.02 Å². The standard InChI is InChI=1S/C15H18ClF3N2/c1-10(2)20-8-11-9-21(6-5-15(17,18)19)14-7-12(16)3-4-13(11)14/h3-4,7,9-10,20H,5-6,8H2,1-2H3. The van der Waals surface area contributed by atoms with Crippen LogP contribution < -0.4 is 5.32 Å². The molecule has 1 heterocycles. The van der Waals surface area contributed by atoms with Crippen LogP contribution in [0.4, 0.5) is 13.2 Å². The number of nitrogens with zero attached hydrogens (tertiary/aromatic N) is 1. The topological polar surface area (TPSA) is 17.0 Å². The summed E-state index contributed by atoms with van der Waals surface area (Å²) in [5, 5.41) is 4.75. The largest absolute Gasteiger partial charge is 0.390 e. The molecule has 1 N–H and O–H groups in total. The SMILES string of the molecule is CC(C)NCc1cn(CCC(F)(F)F)c2cc(Cl)ccc12. The Hall–Kier alpha value is -1.20. The van der Waals surface area contributed by atoms with Gasteiger partial charge in [0.2, 0.25) is 0 Å². The Morgan fingerprint density at radius 3 is 2.62 bits per heavy atom. The third-order valence-corrected chi connectivity index (χ3v) is 3.50. The summed E-state index contributed by atoms with van der Waals surface area (Å²) in [6, 6.07) is 5.65. The fraction of sp³-hybridized carbons (Fsp3) is 0.467. The van der Waals surface area contributed by atoms with Crippen molar-refractivity contribution in [3.8, 4) is 0 Å². The summed E-state index contributed by atoms with van der Waals surface area (Å²) in [6.07, 6.45) is -3.23. The highest BCUT2D eigenvalue weighted by atomic mass is 35.5.